The lowest BCUT2D eigenvalue weighted by molar-refractivity contribution is 0.629. The van der Waals surface area contributed by atoms with Crippen molar-refractivity contribution in [1.29, 1.82) is 0 Å². The molecule has 3 aromatic rings. The van der Waals surface area contributed by atoms with Crippen LogP contribution in [0, 0.1) is 5.82 Å². The summed E-state index contributed by atoms with van der Waals surface area (Å²) < 4.78 is 15.4. The van der Waals surface area contributed by atoms with Crippen LogP contribution in [-0.4, -0.2) is 14.5 Å². The number of imidazole rings is 1. The van der Waals surface area contributed by atoms with E-state index < -0.39 is 0 Å². The Morgan fingerprint density at radius 3 is 2.85 bits per heavy atom. The number of aromatic nitrogens is 3. The number of nitrogens with zero attached hydrogens (tertiary/aromatic N) is 3. The summed E-state index contributed by atoms with van der Waals surface area (Å²) in [7, 11) is 0. The van der Waals surface area contributed by atoms with Crippen LogP contribution in [0.15, 0.2) is 23.6 Å². The largest absolute Gasteiger partial charge is 0.323 e. The number of nitrogens with two attached hydrogens (primary N) is 1. The highest BCUT2D eigenvalue weighted by atomic mass is 32.1. The second-order valence-corrected chi connectivity index (χ2v) is 5.56. The first kappa shape index (κ1) is 13.2. The number of hydrogen-bond acceptors (Lipinski definition) is 4. The van der Waals surface area contributed by atoms with Crippen molar-refractivity contribution >= 4 is 22.4 Å². The highest BCUT2D eigenvalue weighted by Crippen LogP contribution is 2.27. The Balaban J connectivity index is 2.18. The first-order chi connectivity index (χ1) is 9.60. The maximum Gasteiger partial charge on any atom is 0.160 e. The Bertz CT molecular complexity index is 760. The maximum absolute atomic E-state index is 13.3. The zero-order valence-corrected chi connectivity index (χ0v) is 12.1. The average molecular weight is 290 g/mol. The maximum atomic E-state index is 13.3. The Morgan fingerprint density at radius 2 is 2.20 bits per heavy atom. The number of fused-ring (bicyclic) bond motifs is 1. The van der Waals surface area contributed by atoms with E-state index in [0.29, 0.717) is 5.52 Å². The van der Waals surface area contributed by atoms with Crippen molar-refractivity contribution in [3.8, 4) is 11.5 Å². The van der Waals surface area contributed by atoms with E-state index in [-0.39, 0.29) is 11.9 Å². The topological polar surface area (TPSA) is 56.7 Å². The molecule has 2 aromatic heterocycles. The summed E-state index contributed by atoms with van der Waals surface area (Å²) in [5.74, 6) is 0.482. The predicted octanol–water partition coefficient (Wildman–Crippen LogP) is 3.34. The van der Waals surface area contributed by atoms with E-state index in [0.717, 1.165) is 28.6 Å². The number of rotatable bonds is 3. The van der Waals surface area contributed by atoms with Gasteiger partial charge in [0, 0.05) is 18.0 Å². The minimum Gasteiger partial charge on any atom is -0.323 e. The number of hydrogen-bond donors (Lipinski definition) is 1. The molecular weight excluding hydrogens is 275 g/mol. The quantitative estimate of drug-likeness (QED) is 0.805. The zero-order valence-electron chi connectivity index (χ0n) is 11.3. The van der Waals surface area contributed by atoms with Gasteiger partial charge in [0.2, 0.25) is 0 Å². The molecule has 1 aromatic carbocycles. The monoisotopic (exact) mass is 290 g/mol. The summed E-state index contributed by atoms with van der Waals surface area (Å²) in [5.41, 5.74) is 8.20. The summed E-state index contributed by atoms with van der Waals surface area (Å²) in [4.78, 5) is 9.04. The van der Waals surface area contributed by atoms with E-state index >= 15 is 0 Å². The van der Waals surface area contributed by atoms with Crippen molar-refractivity contribution in [1.82, 2.24) is 14.5 Å². The molecule has 6 heteroatoms. The van der Waals surface area contributed by atoms with Gasteiger partial charge in [-0.15, -0.1) is 11.3 Å². The normalized spacial score (nSPS) is 13.0. The standard InChI is InChI=1S/C14H15FN4S/c1-3-19-12-5-4-9(15)6-10(12)17-13(19)11-7-20-14(18-11)8(2)16/h4-8H,3,16H2,1-2H3. The van der Waals surface area contributed by atoms with Gasteiger partial charge in [-0.05, 0) is 26.0 Å². The third-order valence-corrected chi connectivity index (χ3v) is 4.21. The van der Waals surface area contributed by atoms with Gasteiger partial charge < -0.3 is 10.3 Å². The molecule has 0 saturated heterocycles. The molecule has 20 heavy (non-hydrogen) atoms. The molecule has 0 radical (unpaired) electrons. The molecule has 2 N–H and O–H groups in total. The lowest BCUT2D eigenvalue weighted by atomic mass is 10.3. The third kappa shape index (κ3) is 2.10. The van der Waals surface area contributed by atoms with Gasteiger partial charge in [-0.3, -0.25) is 0 Å². The van der Waals surface area contributed by atoms with Crippen LogP contribution >= 0.6 is 11.3 Å². The first-order valence-electron chi connectivity index (χ1n) is 6.47. The molecule has 0 spiro atoms. The molecule has 1 atom stereocenters. The molecule has 0 aliphatic rings. The van der Waals surface area contributed by atoms with Crippen molar-refractivity contribution in [3.63, 3.8) is 0 Å². The molecule has 0 saturated carbocycles. The molecule has 0 bridgehead atoms. The Morgan fingerprint density at radius 1 is 1.40 bits per heavy atom. The molecule has 1 unspecified atom stereocenters. The van der Waals surface area contributed by atoms with Crippen LogP contribution in [0.4, 0.5) is 4.39 Å². The van der Waals surface area contributed by atoms with Gasteiger partial charge in [0.25, 0.3) is 0 Å². The molecule has 0 aliphatic carbocycles. The van der Waals surface area contributed by atoms with Crippen molar-refractivity contribution < 1.29 is 4.39 Å². The van der Waals surface area contributed by atoms with Gasteiger partial charge in [-0.1, -0.05) is 0 Å². The summed E-state index contributed by atoms with van der Waals surface area (Å²) in [6.45, 7) is 4.69. The molecule has 3 rings (SSSR count). The van der Waals surface area contributed by atoms with Crippen molar-refractivity contribution in [3.05, 3.63) is 34.4 Å². The van der Waals surface area contributed by atoms with Gasteiger partial charge in [-0.25, -0.2) is 14.4 Å². The second-order valence-electron chi connectivity index (χ2n) is 4.67. The zero-order chi connectivity index (χ0) is 14.3. The molecule has 0 fully saturated rings. The van der Waals surface area contributed by atoms with Crippen LogP contribution in [0.25, 0.3) is 22.6 Å². The van der Waals surface area contributed by atoms with E-state index in [9.17, 15) is 4.39 Å². The predicted molar refractivity (Wildman–Crippen MR) is 79.1 cm³/mol. The fourth-order valence-corrected chi connectivity index (χ4v) is 2.97. The molecule has 2 heterocycles. The van der Waals surface area contributed by atoms with Gasteiger partial charge in [0.1, 0.15) is 16.5 Å². The Kier molecular flexibility index (Phi) is 3.27. The molecular formula is C14H15FN4S. The van der Waals surface area contributed by atoms with E-state index in [2.05, 4.69) is 9.97 Å². The van der Waals surface area contributed by atoms with Gasteiger partial charge in [-0.2, -0.15) is 0 Å². The lowest BCUT2D eigenvalue weighted by Crippen LogP contribution is -2.04. The fraction of sp³-hybridized carbons (Fsp3) is 0.286. The van der Waals surface area contributed by atoms with Crippen LogP contribution < -0.4 is 5.73 Å². The van der Waals surface area contributed by atoms with Crippen LogP contribution in [0.2, 0.25) is 0 Å². The molecule has 0 aliphatic heterocycles. The minimum absolute atomic E-state index is 0.0920. The van der Waals surface area contributed by atoms with Crippen molar-refractivity contribution in [2.24, 2.45) is 5.73 Å². The Hall–Kier alpha value is -1.79. The second kappa shape index (κ2) is 4.96. The number of halogens is 1. The summed E-state index contributed by atoms with van der Waals surface area (Å²) in [6, 6.07) is 4.56. The summed E-state index contributed by atoms with van der Waals surface area (Å²) in [6.07, 6.45) is 0. The van der Waals surface area contributed by atoms with Gasteiger partial charge >= 0.3 is 0 Å². The SMILES string of the molecule is CCn1c(-c2csc(C(C)N)n2)nc2cc(F)ccc21. The number of benzene rings is 1. The van der Waals surface area contributed by atoms with E-state index in [1.807, 2.05) is 23.8 Å². The number of thiazole rings is 1. The highest BCUT2D eigenvalue weighted by Gasteiger charge is 2.15. The number of aryl methyl sites for hydroxylation is 1. The summed E-state index contributed by atoms with van der Waals surface area (Å²) >= 11 is 1.52. The fourth-order valence-electron chi connectivity index (χ4n) is 2.22. The first-order valence-corrected chi connectivity index (χ1v) is 7.35. The smallest absolute Gasteiger partial charge is 0.160 e. The average Bonchev–Trinajstić information content (AvgIpc) is 3.01. The third-order valence-electron chi connectivity index (χ3n) is 3.17. The van der Waals surface area contributed by atoms with Gasteiger partial charge in [0.05, 0.1) is 17.1 Å². The summed E-state index contributed by atoms with van der Waals surface area (Å²) in [5, 5.41) is 2.82. The van der Waals surface area contributed by atoms with Crippen LogP contribution in [0.1, 0.15) is 24.9 Å². The van der Waals surface area contributed by atoms with Gasteiger partial charge in [0.15, 0.2) is 5.82 Å². The van der Waals surface area contributed by atoms with Crippen LogP contribution in [-0.2, 0) is 6.54 Å². The van der Waals surface area contributed by atoms with Crippen LogP contribution in [0.3, 0.4) is 0 Å². The van der Waals surface area contributed by atoms with Crippen molar-refractivity contribution in [2.75, 3.05) is 0 Å². The van der Waals surface area contributed by atoms with E-state index in [4.69, 9.17) is 5.73 Å². The molecule has 0 amide bonds. The van der Waals surface area contributed by atoms with E-state index in [1.54, 1.807) is 6.07 Å². The highest BCUT2D eigenvalue weighted by molar-refractivity contribution is 7.10. The molecule has 104 valence electrons. The lowest BCUT2D eigenvalue weighted by Gasteiger charge is -2.03. The van der Waals surface area contributed by atoms with Crippen molar-refractivity contribution in [2.45, 2.75) is 26.4 Å². The molecule has 4 nitrogen and oxygen atoms in total. The van der Waals surface area contributed by atoms with E-state index in [1.165, 1.54) is 23.5 Å². The van der Waals surface area contributed by atoms with Crippen LogP contribution in [0.5, 0.6) is 0 Å². The minimum atomic E-state index is -0.278. The Labute approximate surface area is 120 Å².